The van der Waals surface area contributed by atoms with Crippen LogP contribution in [0.25, 0.3) is 0 Å². The van der Waals surface area contributed by atoms with Gasteiger partial charge in [-0.1, -0.05) is 6.92 Å². The third-order valence-electron chi connectivity index (χ3n) is 2.56. The summed E-state index contributed by atoms with van der Waals surface area (Å²) in [6.45, 7) is 2.84. The summed E-state index contributed by atoms with van der Waals surface area (Å²) in [5, 5.41) is 3.17. The molecule has 0 aromatic carbocycles. The first kappa shape index (κ1) is 13.5. The number of ether oxygens (including phenoxy) is 1. The van der Waals surface area contributed by atoms with E-state index in [4.69, 9.17) is 0 Å². The lowest BCUT2D eigenvalue weighted by molar-refractivity contribution is 0.0593. The maximum Gasteiger partial charge on any atom is 0.358 e. The minimum atomic E-state index is -0.482. The van der Waals surface area contributed by atoms with Crippen LogP contribution in [-0.4, -0.2) is 23.0 Å². The second-order valence-electron chi connectivity index (χ2n) is 3.85. The molecule has 0 atom stereocenters. The Bertz CT molecular complexity index is 551. The monoisotopic (exact) mass is 277 g/mol. The highest BCUT2D eigenvalue weighted by Gasteiger charge is 2.07. The van der Waals surface area contributed by atoms with Crippen molar-refractivity contribution in [3.8, 4) is 0 Å². The van der Waals surface area contributed by atoms with E-state index >= 15 is 0 Å². The Labute approximate surface area is 115 Å². The van der Waals surface area contributed by atoms with Gasteiger partial charge in [0.05, 0.1) is 26.0 Å². The van der Waals surface area contributed by atoms with Crippen molar-refractivity contribution >= 4 is 23.1 Å². The van der Waals surface area contributed by atoms with Crippen molar-refractivity contribution in [2.75, 3.05) is 12.4 Å². The van der Waals surface area contributed by atoms with Crippen LogP contribution in [0.15, 0.2) is 24.5 Å². The summed E-state index contributed by atoms with van der Waals surface area (Å²) in [6, 6.07) is 4.24. The van der Waals surface area contributed by atoms with Gasteiger partial charge in [0.2, 0.25) is 0 Å². The number of carbonyl (C=O) groups excluding carboxylic acids is 1. The Hall–Kier alpha value is -1.95. The van der Waals surface area contributed by atoms with Crippen molar-refractivity contribution < 1.29 is 9.53 Å². The maximum absolute atomic E-state index is 11.2. The third kappa shape index (κ3) is 3.51. The van der Waals surface area contributed by atoms with E-state index < -0.39 is 5.97 Å². The molecular weight excluding hydrogens is 262 g/mol. The second kappa shape index (κ2) is 6.29. The third-order valence-corrected chi connectivity index (χ3v) is 3.79. The molecule has 0 saturated heterocycles. The predicted octanol–water partition coefficient (Wildman–Crippen LogP) is 2.50. The van der Waals surface area contributed by atoms with E-state index in [9.17, 15) is 4.79 Å². The van der Waals surface area contributed by atoms with Gasteiger partial charge in [0, 0.05) is 9.75 Å². The zero-order valence-electron chi connectivity index (χ0n) is 10.8. The van der Waals surface area contributed by atoms with E-state index in [0.29, 0.717) is 12.4 Å². The van der Waals surface area contributed by atoms with Crippen LogP contribution >= 0.6 is 11.3 Å². The number of hydrogen-bond acceptors (Lipinski definition) is 6. The number of carbonyl (C=O) groups is 1. The number of thiophene rings is 1. The van der Waals surface area contributed by atoms with Crippen molar-refractivity contribution in [3.63, 3.8) is 0 Å². The molecule has 6 heteroatoms. The normalized spacial score (nSPS) is 10.2. The molecule has 2 aromatic rings. The molecule has 0 saturated carbocycles. The standard InChI is InChI=1S/C13H15N3O2S/c1-3-9-4-5-10(19-9)6-15-12-8-14-11(7-16-12)13(17)18-2/h4-5,7-8H,3,6H2,1-2H3,(H,15,16). The van der Waals surface area contributed by atoms with E-state index in [1.54, 1.807) is 11.3 Å². The number of hydrogen-bond donors (Lipinski definition) is 1. The molecule has 0 aliphatic rings. The molecule has 0 unspecified atom stereocenters. The van der Waals surface area contributed by atoms with Gasteiger partial charge in [0.15, 0.2) is 5.69 Å². The highest BCUT2D eigenvalue weighted by atomic mass is 32.1. The molecule has 0 aliphatic carbocycles. The molecular formula is C13H15N3O2S. The molecule has 2 rings (SSSR count). The fraction of sp³-hybridized carbons (Fsp3) is 0.308. The summed E-state index contributed by atoms with van der Waals surface area (Å²) in [7, 11) is 1.32. The first-order chi connectivity index (χ1) is 9.22. The highest BCUT2D eigenvalue weighted by molar-refractivity contribution is 7.12. The van der Waals surface area contributed by atoms with Crippen LogP contribution in [0.1, 0.15) is 27.2 Å². The quantitative estimate of drug-likeness (QED) is 0.851. The zero-order chi connectivity index (χ0) is 13.7. The van der Waals surface area contributed by atoms with Crippen molar-refractivity contribution in [3.05, 3.63) is 40.0 Å². The smallest absolute Gasteiger partial charge is 0.358 e. The predicted molar refractivity (Wildman–Crippen MR) is 74.4 cm³/mol. The minimum absolute atomic E-state index is 0.206. The molecule has 0 amide bonds. The lowest BCUT2D eigenvalue weighted by Crippen LogP contribution is -2.06. The largest absolute Gasteiger partial charge is 0.464 e. The molecule has 0 bridgehead atoms. The molecule has 19 heavy (non-hydrogen) atoms. The van der Waals surface area contributed by atoms with Gasteiger partial charge < -0.3 is 10.1 Å². The molecule has 0 aliphatic heterocycles. The van der Waals surface area contributed by atoms with Crippen LogP contribution in [-0.2, 0) is 17.7 Å². The van der Waals surface area contributed by atoms with Gasteiger partial charge in [-0.15, -0.1) is 11.3 Å². The molecule has 1 N–H and O–H groups in total. The van der Waals surface area contributed by atoms with Crippen LogP contribution in [0, 0.1) is 0 Å². The van der Waals surface area contributed by atoms with Crippen molar-refractivity contribution in [1.29, 1.82) is 0 Å². The van der Waals surface area contributed by atoms with Gasteiger partial charge in [-0.05, 0) is 18.6 Å². The van der Waals surface area contributed by atoms with Gasteiger partial charge in [0.1, 0.15) is 5.82 Å². The van der Waals surface area contributed by atoms with Crippen LogP contribution in [0.3, 0.4) is 0 Å². The molecule has 2 heterocycles. The van der Waals surface area contributed by atoms with Gasteiger partial charge in [0.25, 0.3) is 0 Å². The van der Waals surface area contributed by atoms with E-state index in [-0.39, 0.29) is 5.69 Å². The number of methoxy groups -OCH3 is 1. The topological polar surface area (TPSA) is 64.1 Å². The Balaban J connectivity index is 1.94. The number of aryl methyl sites for hydroxylation is 1. The lowest BCUT2D eigenvalue weighted by atomic mass is 10.3. The van der Waals surface area contributed by atoms with E-state index in [1.807, 2.05) is 0 Å². The molecule has 0 fully saturated rings. The summed E-state index contributed by atoms with van der Waals surface area (Å²) in [4.78, 5) is 21.9. The number of aromatic nitrogens is 2. The first-order valence-corrected chi connectivity index (χ1v) is 6.76. The van der Waals surface area contributed by atoms with E-state index in [1.165, 1.54) is 29.3 Å². The SMILES string of the molecule is CCc1ccc(CNc2cnc(C(=O)OC)cn2)s1. The molecule has 0 spiro atoms. The van der Waals surface area contributed by atoms with Crippen LogP contribution in [0.2, 0.25) is 0 Å². The number of nitrogens with zero attached hydrogens (tertiary/aromatic N) is 2. The van der Waals surface area contributed by atoms with E-state index in [2.05, 4.69) is 39.1 Å². The maximum atomic E-state index is 11.2. The Kier molecular flexibility index (Phi) is 4.46. The van der Waals surface area contributed by atoms with Crippen LogP contribution in [0.4, 0.5) is 5.82 Å². The summed E-state index contributed by atoms with van der Waals surface area (Å²) in [6.07, 6.45) is 3.99. The second-order valence-corrected chi connectivity index (χ2v) is 5.11. The molecule has 2 aromatic heterocycles. The average molecular weight is 277 g/mol. The number of anilines is 1. The number of rotatable bonds is 5. The van der Waals surface area contributed by atoms with Gasteiger partial charge in [-0.25, -0.2) is 14.8 Å². The highest BCUT2D eigenvalue weighted by Crippen LogP contribution is 2.17. The number of nitrogens with one attached hydrogen (secondary N) is 1. The fourth-order valence-electron chi connectivity index (χ4n) is 1.51. The number of esters is 1. The molecule has 5 nitrogen and oxygen atoms in total. The Morgan fingerprint density at radius 2 is 2.11 bits per heavy atom. The summed E-state index contributed by atoms with van der Waals surface area (Å²) >= 11 is 1.78. The summed E-state index contributed by atoms with van der Waals surface area (Å²) < 4.78 is 4.56. The fourth-order valence-corrected chi connectivity index (χ4v) is 2.41. The average Bonchev–Trinajstić information content (AvgIpc) is 2.93. The van der Waals surface area contributed by atoms with Crippen molar-refractivity contribution in [1.82, 2.24) is 9.97 Å². The molecule has 0 radical (unpaired) electrons. The van der Waals surface area contributed by atoms with Gasteiger partial charge >= 0.3 is 5.97 Å². The minimum Gasteiger partial charge on any atom is -0.464 e. The van der Waals surface area contributed by atoms with Gasteiger partial charge in [-0.3, -0.25) is 0 Å². The summed E-state index contributed by atoms with van der Waals surface area (Å²) in [5.74, 6) is 0.156. The molecule has 100 valence electrons. The van der Waals surface area contributed by atoms with Crippen LogP contribution < -0.4 is 5.32 Å². The van der Waals surface area contributed by atoms with Crippen molar-refractivity contribution in [2.45, 2.75) is 19.9 Å². The zero-order valence-corrected chi connectivity index (χ0v) is 11.7. The van der Waals surface area contributed by atoms with Crippen molar-refractivity contribution in [2.24, 2.45) is 0 Å². The lowest BCUT2D eigenvalue weighted by Gasteiger charge is -2.03. The Morgan fingerprint density at radius 3 is 2.68 bits per heavy atom. The van der Waals surface area contributed by atoms with Crippen LogP contribution in [0.5, 0.6) is 0 Å². The first-order valence-electron chi connectivity index (χ1n) is 5.94. The Morgan fingerprint density at radius 1 is 1.32 bits per heavy atom. The van der Waals surface area contributed by atoms with Gasteiger partial charge in [-0.2, -0.15) is 0 Å². The van der Waals surface area contributed by atoms with E-state index in [0.717, 1.165) is 6.42 Å². The summed E-state index contributed by atoms with van der Waals surface area (Å²) in [5.41, 5.74) is 0.206.